The minimum absolute atomic E-state index is 0.0698. The van der Waals surface area contributed by atoms with Gasteiger partial charge in [-0.3, -0.25) is 4.79 Å². The van der Waals surface area contributed by atoms with Gasteiger partial charge in [0, 0.05) is 11.5 Å². The number of hydrogen-bond acceptors (Lipinski definition) is 4. The number of nitrogens with one attached hydrogen (secondary N) is 1. The number of aryl methyl sites for hydroxylation is 1. The number of ether oxygens (including phenoxy) is 2. The van der Waals surface area contributed by atoms with E-state index in [-0.39, 0.29) is 18.9 Å². The van der Waals surface area contributed by atoms with Crippen molar-refractivity contribution in [2.75, 3.05) is 13.7 Å². The molecule has 3 aromatic carbocycles. The Morgan fingerprint density at radius 1 is 1.00 bits per heavy atom. The van der Waals surface area contributed by atoms with E-state index in [1.807, 2.05) is 55.5 Å². The maximum atomic E-state index is 12.7. The van der Waals surface area contributed by atoms with Crippen LogP contribution in [0.1, 0.15) is 40.6 Å². The van der Waals surface area contributed by atoms with E-state index in [1.54, 1.807) is 6.07 Å². The number of carboxylic acids is 1. The topological polar surface area (TPSA) is 84.9 Å². The molecule has 0 aliphatic heterocycles. The van der Waals surface area contributed by atoms with E-state index in [2.05, 4.69) is 17.4 Å². The van der Waals surface area contributed by atoms with Gasteiger partial charge < -0.3 is 19.9 Å². The summed E-state index contributed by atoms with van der Waals surface area (Å²) in [5.41, 5.74) is 6.05. The van der Waals surface area contributed by atoms with Gasteiger partial charge in [0.2, 0.25) is 0 Å². The van der Waals surface area contributed by atoms with Crippen molar-refractivity contribution < 1.29 is 24.2 Å². The van der Waals surface area contributed by atoms with Gasteiger partial charge in [0.25, 0.3) is 0 Å². The molecule has 1 aliphatic rings. The zero-order chi connectivity index (χ0) is 22.7. The molecule has 0 aromatic heterocycles. The normalized spacial score (nSPS) is 13.1. The summed E-state index contributed by atoms with van der Waals surface area (Å²) in [6, 6.07) is 20.9. The van der Waals surface area contributed by atoms with Crippen LogP contribution in [0.4, 0.5) is 4.79 Å². The fraction of sp³-hybridized carbons (Fsp3) is 0.231. The van der Waals surface area contributed by atoms with Crippen LogP contribution in [0.25, 0.3) is 11.1 Å². The largest absolute Gasteiger partial charge is 0.496 e. The second kappa shape index (κ2) is 9.14. The molecule has 32 heavy (non-hydrogen) atoms. The van der Waals surface area contributed by atoms with Gasteiger partial charge in [-0.2, -0.15) is 0 Å². The van der Waals surface area contributed by atoms with Crippen molar-refractivity contribution >= 4 is 12.1 Å². The molecule has 164 valence electrons. The Balaban J connectivity index is 1.51. The summed E-state index contributed by atoms with van der Waals surface area (Å²) >= 11 is 0. The Kier molecular flexibility index (Phi) is 6.12. The first-order valence-electron chi connectivity index (χ1n) is 10.5. The van der Waals surface area contributed by atoms with Crippen LogP contribution in [-0.2, 0) is 9.53 Å². The fourth-order valence-electron chi connectivity index (χ4n) is 4.32. The quantitative estimate of drug-likeness (QED) is 0.546. The van der Waals surface area contributed by atoms with Crippen LogP contribution in [0, 0.1) is 6.92 Å². The lowest BCUT2D eigenvalue weighted by molar-refractivity contribution is -0.137. The van der Waals surface area contributed by atoms with Gasteiger partial charge in [-0.1, -0.05) is 66.2 Å². The van der Waals surface area contributed by atoms with Gasteiger partial charge in [-0.25, -0.2) is 4.79 Å². The van der Waals surface area contributed by atoms with Gasteiger partial charge in [0.05, 0.1) is 19.6 Å². The third-order valence-corrected chi connectivity index (χ3v) is 5.78. The highest BCUT2D eigenvalue weighted by Crippen LogP contribution is 2.44. The minimum Gasteiger partial charge on any atom is -0.496 e. The fourth-order valence-corrected chi connectivity index (χ4v) is 4.32. The molecule has 3 aromatic rings. The summed E-state index contributed by atoms with van der Waals surface area (Å²) in [6.45, 7) is 2.05. The minimum atomic E-state index is -1.03. The molecule has 1 atom stereocenters. The highest BCUT2D eigenvalue weighted by atomic mass is 16.5. The highest BCUT2D eigenvalue weighted by molar-refractivity contribution is 5.79. The second-order valence-corrected chi connectivity index (χ2v) is 7.87. The van der Waals surface area contributed by atoms with Gasteiger partial charge >= 0.3 is 12.1 Å². The standard InChI is InChI=1S/C26H25NO5/c1-16-11-12-24(31-2)21(13-16)23(14-25(28)29)27-26(30)32-15-22-19-9-5-3-7-17(19)18-8-4-6-10-20(18)22/h3-13,22-23H,14-15H2,1-2H3,(H,27,30)(H,28,29)/t23-/m0/s1. The molecule has 0 fully saturated rings. The number of carbonyl (C=O) groups excluding carboxylic acids is 1. The van der Waals surface area contributed by atoms with E-state index >= 15 is 0 Å². The third-order valence-electron chi connectivity index (χ3n) is 5.78. The average molecular weight is 431 g/mol. The predicted octanol–water partition coefficient (Wildman–Crippen LogP) is 5.06. The molecule has 0 heterocycles. The summed E-state index contributed by atoms with van der Waals surface area (Å²) < 4.78 is 11.0. The first kappa shape index (κ1) is 21.4. The van der Waals surface area contributed by atoms with E-state index < -0.39 is 18.1 Å². The molecule has 6 heteroatoms. The zero-order valence-corrected chi connectivity index (χ0v) is 18.0. The molecule has 0 saturated heterocycles. The van der Waals surface area contributed by atoms with Gasteiger partial charge in [0.15, 0.2) is 0 Å². The number of carboxylic acid groups (broad SMARTS) is 1. The molecule has 0 unspecified atom stereocenters. The first-order valence-corrected chi connectivity index (χ1v) is 10.5. The smallest absolute Gasteiger partial charge is 0.407 e. The molecule has 0 spiro atoms. The molecular weight excluding hydrogens is 406 g/mol. The number of alkyl carbamates (subject to hydrolysis) is 1. The van der Waals surface area contributed by atoms with Crippen LogP contribution < -0.4 is 10.1 Å². The summed E-state index contributed by atoms with van der Waals surface area (Å²) in [7, 11) is 1.51. The molecule has 0 bridgehead atoms. The predicted molar refractivity (Wildman–Crippen MR) is 121 cm³/mol. The van der Waals surface area contributed by atoms with E-state index in [4.69, 9.17) is 9.47 Å². The number of hydrogen-bond donors (Lipinski definition) is 2. The van der Waals surface area contributed by atoms with Gasteiger partial charge in [0.1, 0.15) is 12.4 Å². The number of carbonyl (C=O) groups is 2. The Morgan fingerprint density at radius 3 is 2.22 bits per heavy atom. The third kappa shape index (κ3) is 4.30. The van der Waals surface area contributed by atoms with Crippen LogP contribution in [0.2, 0.25) is 0 Å². The van der Waals surface area contributed by atoms with Crippen molar-refractivity contribution in [2.45, 2.75) is 25.3 Å². The van der Waals surface area contributed by atoms with Crippen molar-refractivity contribution in [3.63, 3.8) is 0 Å². The summed E-state index contributed by atoms with van der Waals surface area (Å²) in [6.07, 6.45) is -0.953. The lowest BCUT2D eigenvalue weighted by Crippen LogP contribution is -2.32. The average Bonchev–Trinajstić information content (AvgIpc) is 3.11. The Hall–Kier alpha value is -3.80. The highest BCUT2D eigenvalue weighted by Gasteiger charge is 2.29. The Bertz CT molecular complexity index is 1110. The summed E-state index contributed by atoms with van der Waals surface area (Å²) in [5, 5.41) is 12.1. The molecular formula is C26H25NO5. The number of amides is 1. The van der Waals surface area contributed by atoms with Crippen LogP contribution >= 0.6 is 0 Å². The van der Waals surface area contributed by atoms with Crippen molar-refractivity contribution in [1.29, 1.82) is 0 Å². The first-order chi connectivity index (χ1) is 15.5. The van der Waals surface area contributed by atoms with E-state index in [1.165, 1.54) is 7.11 Å². The van der Waals surface area contributed by atoms with Crippen LogP contribution in [0.15, 0.2) is 66.7 Å². The van der Waals surface area contributed by atoms with Crippen LogP contribution in [0.5, 0.6) is 5.75 Å². The monoisotopic (exact) mass is 431 g/mol. The number of rotatable bonds is 7. The molecule has 0 radical (unpaired) electrons. The van der Waals surface area contributed by atoms with Crippen molar-refractivity contribution in [2.24, 2.45) is 0 Å². The molecule has 0 saturated carbocycles. The maximum Gasteiger partial charge on any atom is 0.407 e. The number of fused-ring (bicyclic) bond motifs is 3. The Morgan fingerprint density at radius 2 is 1.62 bits per heavy atom. The lowest BCUT2D eigenvalue weighted by atomic mass is 9.98. The van der Waals surface area contributed by atoms with E-state index in [0.717, 1.165) is 27.8 Å². The number of methoxy groups -OCH3 is 1. The summed E-state index contributed by atoms with van der Waals surface area (Å²) in [5.74, 6) is -0.585. The number of benzene rings is 3. The van der Waals surface area contributed by atoms with Gasteiger partial charge in [-0.15, -0.1) is 0 Å². The molecule has 1 aliphatic carbocycles. The Labute approximate surface area is 186 Å². The molecule has 6 nitrogen and oxygen atoms in total. The lowest BCUT2D eigenvalue weighted by Gasteiger charge is -2.21. The van der Waals surface area contributed by atoms with Crippen LogP contribution in [-0.4, -0.2) is 30.9 Å². The number of aliphatic carboxylic acids is 1. The molecule has 2 N–H and O–H groups in total. The van der Waals surface area contributed by atoms with E-state index in [0.29, 0.717) is 11.3 Å². The van der Waals surface area contributed by atoms with Crippen molar-refractivity contribution in [1.82, 2.24) is 5.32 Å². The maximum absolute atomic E-state index is 12.7. The SMILES string of the molecule is COc1ccc(C)cc1[C@H](CC(=O)O)NC(=O)OCC1c2ccccc2-c2ccccc21. The van der Waals surface area contributed by atoms with Crippen LogP contribution in [0.3, 0.4) is 0 Å². The van der Waals surface area contributed by atoms with Crippen molar-refractivity contribution in [3.8, 4) is 16.9 Å². The van der Waals surface area contributed by atoms with Gasteiger partial charge in [-0.05, 0) is 35.2 Å². The zero-order valence-electron chi connectivity index (χ0n) is 18.0. The second-order valence-electron chi connectivity index (χ2n) is 7.87. The summed E-state index contributed by atoms with van der Waals surface area (Å²) in [4.78, 5) is 24.2. The molecule has 4 rings (SSSR count). The molecule has 1 amide bonds. The van der Waals surface area contributed by atoms with Crippen molar-refractivity contribution in [3.05, 3.63) is 89.0 Å². The van der Waals surface area contributed by atoms with E-state index in [9.17, 15) is 14.7 Å².